The lowest BCUT2D eigenvalue weighted by molar-refractivity contribution is -0.138. The molecule has 0 aliphatic carbocycles. The van der Waals surface area contributed by atoms with Crippen molar-refractivity contribution >= 4 is 23.3 Å². The molecule has 0 saturated carbocycles. The molecule has 0 radical (unpaired) electrons. The van der Waals surface area contributed by atoms with Gasteiger partial charge in [-0.15, -0.1) is 0 Å². The summed E-state index contributed by atoms with van der Waals surface area (Å²) in [4.78, 5) is 25.9. The van der Waals surface area contributed by atoms with Crippen LogP contribution in [0.2, 0.25) is 5.02 Å². The van der Waals surface area contributed by atoms with Crippen LogP contribution in [0.1, 0.15) is 46.5 Å². The van der Waals surface area contributed by atoms with E-state index in [0.717, 1.165) is 44.6 Å². The molecule has 1 fully saturated rings. The zero-order chi connectivity index (χ0) is 21.5. The largest absolute Gasteiger partial charge is 0.437 e. The van der Waals surface area contributed by atoms with E-state index in [2.05, 4.69) is 35.6 Å². The summed E-state index contributed by atoms with van der Waals surface area (Å²) < 4.78 is 5.84. The minimum atomic E-state index is 0.129. The van der Waals surface area contributed by atoms with Crippen LogP contribution in [0.5, 0.6) is 11.6 Å². The van der Waals surface area contributed by atoms with Crippen LogP contribution in [0.4, 0.5) is 5.82 Å². The fourth-order valence-corrected chi connectivity index (χ4v) is 4.05. The maximum atomic E-state index is 13.0. The van der Waals surface area contributed by atoms with E-state index in [1.54, 1.807) is 12.1 Å². The van der Waals surface area contributed by atoms with Crippen molar-refractivity contribution < 1.29 is 9.53 Å². The van der Waals surface area contributed by atoms with Crippen LogP contribution in [-0.4, -0.2) is 46.5 Å². The molecule has 2 atom stereocenters. The molecule has 3 rings (SSSR count). The molecule has 1 amide bonds. The summed E-state index contributed by atoms with van der Waals surface area (Å²) in [5, 5.41) is 0.534. The van der Waals surface area contributed by atoms with E-state index in [4.69, 9.17) is 16.3 Å². The lowest BCUT2D eigenvalue weighted by atomic mass is 9.96. The zero-order valence-electron chi connectivity index (χ0n) is 18.1. The van der Waals surface area contributed by atoms with Crippen molar-refractivity contribution in [2.45, 2.75) is 52.5 Å². The minimum Gasteiger partial charge on any atom is -0.437 e. The van der Waals surface area contributed by atoms with Gasteiger partial charge in [-0.1, -0.05) is 50.4 Å². The van der Waals surface area contributed by atoms with Crippen LogP contribution >= 0.6 is 11.6 Å². The van der Waals surface area contributed by atoms with Crippen LogP contribution in [0, 0.1) is 5.92 Å². The molecule has 1 saturated heterocycles. The molecule has 1 aromatic heterocycles. The number of para-hydroxylation sites is 1. The molecule has 0 unspecified atom stereocenters. The number of hydrogen-bond donors (Lipinski definition) is 0. The molecule has 30 heavy (non-hydrogen) atoms. The van der Waals surface area contributed by atoms with E-state index >= 15 is 0 Å². The second-order valence-electron chi connectivity index (χ2n) is 7.82. The quantitative estimate of drug-likeness (QED) is 0.577. The molecule has 2 heterocycles. The Balaban J connectivity index is 1.65. The first kappa shape index (κ1) is 22.3. The fourth-order valence-electron chi connectivity index (χ4n) is 3.88. The first-order chi connectivity index (χ1) is 14.5. The van der Waals surface area contributed by atoms with Gasteiger partial charge in [0.2, 0.25) is 11.8 Å². The maximum absolute atomic E-state index is 13.0. The van der Waals surface area contributed by atoms with Crippen LogP contribution in [0.25, 0.3) is 0 Å². The number of benzene rings is 1. The number of aromatic nitrogens is 2. The number of piperazine rings is 1. The topological polar surface area (TPSA) is 58.6 Å². The number of hydrogen-bond acceptors (Lipinski definition) is 5. The number of anilines is 1. The van der Waals surface area contributed by atoms with Crippen molar-refractivity contribution in [1.82, 2.24) is 14.9 Å². The molecular formula is C23H31ClN4O2. The van der Waals surface area contributed by atoms with Gasteiger partial charge < -0.3 is 14.5 Å². The molecule has 2 aromatic rings. The monoisotopic (exact) mass is 430 g/mol. The highest BCUT2D eigenvalue weighted by molar-refractivity contribution is 6.32. The lowest BCUT2D eigenvalue weighted by Gasteiger charge is -2.41. The molecule has 0 N–H and O–H groups in total. The van der Waals surface area contributed by atoms with Gasteiger partial charge in [-0.05, 0) is 31.9 Å². The Bertz CT molecular complexity index is 847. The predicted octanol–water partition coefficient (Wildman–Crippen LogP) is 5.18. The van der Waals surface area contributed by atoms with Crippen molar-refractivity contribution in [3.63, 3.8) is 0 Å². The molecule has 1 aliphatic heterocycles. The molecule has 7 heteroatoms. The van der Waals surface area contributed by atoms with Crippen LogP contribution < -0.4 is 9.64 Å². The summed E-state index contributed by atoms with van der Waals surface area (Å²) in [7, 11) is 0. The molecule has 1 aliphatic rings. The standard InChI is InChI=1S/C23H31ClN4O2/c1-4-6-9-18(5-2)23(29)28-13-12-27(15-17(28)3)21-14-22(26-16-25-21)30-20-11-8-7-10-19(20)24/h7-8,10-11,14,16-18H,4-6,9,12-13,15H2,1-3H3/t17-,18-/m1/s1. The number of rotatable bonds is 8. The third-order valence-corrected chi connectivity index (χ3v) is 5.97. The number of ether oxygens (including phenoxy) is 1. The zero-order valence-corrected chi connectivity index (χ0v) is 18.8. The summed E-state index contributed by atoms with van der Waals surface area (Å²) >= 11 is 6.18. The van der Waals surface area contributed by atoms with Crippen LogP contribution in [0.3, 0.4) is 0 Å². The van der Waals surface area contributed by atoms with Gasteiger partial charge >= 0.3 is 0 Å². The highest BCUT2D eigenvalue weighted by Crippen LogP contribution is 2.29. The predicted molar refractivity (Wildman–Crippen MR) is 120 cm³/mol. The minimum absolute atomic E-state index is 0.129. The summed E-state index contributed by atoms with van der Waals surface area (Å²) in [6.45, 7) is 8.57. The Morgan fingerprint density at radius 1 is 1.27 bits per heavy atom. The van der Waals surface area contributed by atoms with Crippen LogP contribution in [0.15, 0.2) is 36.7 Å². The number of nitrogens with zero attached hydrogens (tertiary/aromatic N) is 4. The normalized spacial score (nSPS) is 17.7. The van der Waals surface area contributed by atoms with Gasteiger partial charge in [-0.3, -0.25) is 4.79 Å². The molecule has 162 valence electrons. The Morgan fingerprint density at radius 2 is 2.07 bits per heavy atom. The van der Waals surface area contributed by atoms with Gasteiger partial charge in [0.05, 0.1) is 5.02 Å². The van der Waals surface area contributed by atoms with Crippen molar-refractivity contribution in [3.05, 3.63) is 41.7 Å². The highest BCUT2D eigenvalue weighted by Gasteiger charge is 2.31. The lowest BCUT2D eigenvalue weighted by Crippen LogP contribution is -2.55. The van der Waals surface area contributed by atoms with E-state index < -0.39 is 0 Å². The van der Waals surface area contributed by atoms with Gasteiger partial charge in [0, 0.05) is 37.7 Å². The second-order valence-corrected chi connectivity index (χ2v) is 8.23. The van der Waals surface area contributed by atoms with Gasteiger partial charge in [-0.2, -0.15) is 0 Å². The van der Waals surface area contributed by atoms with Crippen molar-refractivity contribution in [2.24, 2.45) is 5.92 Å². The molecule has 0 spiro atoms. The Kier molecular flexibility index (Phi) is 7.91. The van der Waals surface area contributed by atoms with Crippen molar-refractivity contribution in [1.29, 1.82) is 0 Å². The SMILES string of the molecule is CCCC[C@@H](CC)C(=O)N1CCN(c2cc(Oc3ccccc3Cl)ncn2)C[C@H]1C. The summed E-state index contributed by atoms with van der Waals surface area (Å²) in [5.41, 5.74) is 0. The summed E-state index contributed by atoms with van der Waals surface area (Å²) in [6.07, 6.45) is 5.61. The molecular weight excluding hydrogens is 400 g/mol. The highest BCUT2D eigenvalue weighted by atomic mass is 35.5. The van der Waals surface area contributed by atoms with E-state index in [-0.39, 0.29) is 12.0 Å². The van der Waals surface area contributed by atoms with E-state index in [0.29, 0.717) is 29.1 Å². The molecule has 6 nitrogen and oxygen atoms in total. The maximum Gasteiger partial charge on any atom is 0.226 e. The first-order valence-corrected chi connectivity index (χ1v) is 11.2. The van der Waals surface area contributed by atoms with Gasteiger partial charge in [0.1, 0.15) is 17.9 Å². The van der Waals surface area contributed by atoms with E-state index in [1.165, 1.54) is 6.33 Å². The van der Waals surface area contributed by atoms with E-state index in [1.807, 2.05) is 23.1 Å². The Hall–Kier alpha value is -2.34. The number of halogens is 1. The van der Waals surface area contributed by atoms with Gasteiger partial charge in [0.15, 0.2) is 0 Å². The van der Waals surface area contributed by atoms with Crippen molar-refractivity contribution in [3.8, 4) is 11.6 Å². The summed E-state index contributed by atoms with van der Waals surface area (Å²) in [5.74, 6) is 2.23. The number of carbonyl (C=O) groups excluding carboxylic acids is 1. The Morgan fingerprint density at radius 3 is 2.77 bits per heavy atom. The second kappa shape index (κ2) is 10.6. The molecule has 0 bridgehead atoms. The van der Waals surface area contributed by atoms with Crippen molar-refractivity contribution in [2.75, 3.05) is 24.5 Å². The Labute approximate surface area is 184 Å². The average molecular weight is 431 g/mol. The summed E-state index contributed by atoms with van der Waals surface area (Å²) in [6, 6.07) is 9.26. The van der Waals surface area contributed by atoms with Gasteiger partial charge in [-0.25, -0.2) is 9.97 Å². The number of amides is 1. The fraction of sp³-hybridized carbons (Fsp3) is 0.522. The smallest absolute Gasteiger partial charge is 0.226 e. The number of unbranched alkanes of at least 4 members (excludes halogenated alkanes) is 1. The van der Waals surface area contributed by atoms with Gasteiger partial charge in [0.25, 0.3) is 0 Å². The average Bonchev–Trinajstić information content (AvgIpc) is 2.76. The third kappa shape index (κ3) is 5.42. The van der Waals surface area contributed by atoms with E-state index in [9.17, 15) is 4.79 Å². The third-order valence-electron chi connectivity index (χ3n) is 5.66. The first-order valence-electron chi connectivity index (χ1n) is 10.8. The van der Waals surface area contributed by atoms with Crippen LogP contribution in [-0.2, 0) is 4.79 Å². The number of carbonyl (C=O) groups is 1. The molecule has 1 aromatic carbocycles.